The summed E-state index contributed by atoms with van der Waals surface area (Å²) in [5.74, 6) is 2.54. The molecule has 8 nitrogen and oxygen atoms in total. The van der Waals surface area contributed by atoms with Gasteiger partial charge in [0.05, 0.1) is 10.9 Å². The van der Waals surface area contributed by atoms with Gasteiger partial charge in [0, 0.05) is 67.4 Å². The van der Waals surface area contributed by atoms with E-state index in [-0.39, 0.29) is 29.6 Å². The minimum Gasteiger partial charge on any atom is -0.508 e. The lowest BCUT2D eigenvalue weighted by molar-refractivity contribution is 0.0826. The van der Waals surface area contributed by atoms with Crippen LogP contribution in [0.25, 0.3) is 32.9 Å². The van der Waals surface area contributed by atoms with E-state index in [0.29, 0.717) is 77.8 Å². The summed E-state index contributed by atoms with van der Waals surface area (Å²) >= 11 is 0. The Morgan fingerprint density at radius 3 is 2.72 bits per heavy atom. The SMILES string of the molecule is C#Cc1cccc2cc(O)cc(-c3ncc4c(N5CC6CCC(C5)N6)nc(OCC56C[C@@H](F)CN5Cc5ccccc56)nc4c3F)c12. The third-order valence-electron chi connectivity index (χ3n) is 10.4. The van der Waals surface area contributed by atoms with Crippen LogP contribution in [0, 0.1) is 18.2 Å². The average Bonchev–Trinajstić information content (AvgIpc) is 3.69. The molecule has 0 saturated carbocycles. The molecule has 0 amide bonds. The first-order chi connectivity index (χ1) is 22.9. The number of rotatable bonds is 5. The molecule has 9 rings (SSSR count). The number of piperazine rings is 1. The highest BCUT2D eigenvalue weighted by Gasteiger charge is 2.52. The van der Waals surface area contributed by atoms with Gasteiger partial charge in [0.15, 0.2) is 5.82 Å². The predicted molar refractivity (Wildman–Crippen MR) is 176 cm³/mol. The van der Waals surface area contributed by atoms with Gasteiger partial charge < -0.3 is 20.1 Å². The molecule has 3 fully saturated rings. The molecule has 4 aliphatic rings. The third kappa shape index (κ3) is 4.44. The van der Waals surface area contributed by atoms with Crippen molar-refractivity contribution in [2.45, 2.75) is 49.6 Å². The van der Waals surface area contributed by atoms with Crippen molar-refractivity contribution >= 4 is 27.5 Å². The van der Waals surface area contributed by atoms with Crippen LogP contribution in [-0.2, 0) is 12.1 Å². The molecule has 3 saturated heterocycles. The predicted octanol–water partition coefficient (Wildman–Crippen LogP) is 5.44. The first-order valence-corrected chi connectivity index (χ1v) is 16.1. The number of terminal acetylenes is 1. The Morgan fingerprint density at radius 1 is 1.06 bits per heavy atom. The molecule has 0 spiro atoms. The summed E-state index contributed by atoms with van der Waals surface area (Å²) in [5.41, 5.74) is 2.56. The van der Waals surface area contributed by atoms with Gasteiger partial charge in [-0.25, -0.2) is 8.78 Å². The third-order valence-corrected chi connectivity index (χ3v) is 10.4. The fourth-order valence-electron chi connectivity index (χ4n) is 8.40. The molecule has 2 N–H and O–H groups in total. The fourth-order valence-corrected chi connectivity index (χ4v) is 8.40. The molecule has 2 aromatic heterocycles. The second-order valence-corrected chi connectivity index (χ2v) is 13.3. The monoisotopic (exact) mass is 630 g/mol. The molecule has 3 aromatic carbocycles. The molecule has 4 aliphatic heterocycles. The first kappa shape index (κ1) is 28.4. The number of phenolic OH excluding ortho intramolecular Hbond substituents is 1. The van der Waals surface area contributed by atoms with Crippen molar-refractivity contribution in [1.29, 1.82) is 0 Å². The van der Waals surface area contributed by atoms with Crippen molar-refractivity contribution in [3.05, 3.63) is 83.3 Å². The summed E-state index contributed by atoms with van der Waals surface area (Å²) in [6.07, 6.45) is 8.89. The van der Waals surface area contributed by atoms with E-state index in [1.807, 2.05) is 24.3 Å². The lowest BCUT2D eigenvalue weighted by Crippen LogP contribution is -2.51. The zero-order valence-corrected chi connectivity index (χ0v) is 25.6. The number of nitrogens with one attached hydrogen (secondary N) is 1. The molecule has 4 atom stereocenters. The van der Waals surface area contributed by atoms with Crippen LogP contribution in [-0.4, -0.2) is 69.5 Å². The molecule has 2 bridgehead atoms. The van der Waals surface area contributed by atoms with Crippen molar-refractivity contribution in [3.8, 4) is 35.4 Å². The highest BCUT2D eigenvalue weighted by atomic mass is 19.1. The number of aromatic nitrogens is 3. The molecule has 236 valence electrons. The lowest BCUT2D eigenvalue weighted by atomic mass is 9.88. The van der Waals surface area contributed by atoms with E-state index in [2.05, 4.69) is 37.1 Å². The van der Waals surface area contributed by atoms with Gasteiger partial charge in [-0.3, -0.25) is 9.88 Å². The summed E-state index contributed by atoms with van der Waals surface area (Å²) in [5, 5.41) is 16.0. The Kier molecular flexibility index (Phi) is 6.39. The Labute approximate surface area is 270 Å². The van der Waals surface area contributed by atoms with Gasteiger partial charge in [-0.1, -0.05) is 42.3 Å². The van der Waals surface area contributed by atoms with Crippen molar-refractivity contribution < 1.29 is 18.6 Å². The van der Waals surface area contributed by atoms with E-state index >= 15 is 4.39 Å². The number of pyridine rings is 1. The number of fused-ring (bicyclic) bond motifs is 7. The van der Waals surface area contributed by atoms with Crippen LogP contribution in [0.2, 0.25) is 0 Å². The number of benzene rings is 3. The van der Waals surface area contributed by atoms with E-state index in [9.17, 15) is 9.50 Å². The van der Waals surface area contributed by atoms with Gasteiger partial charge in [-0.05, 0) is 47.6 Å². The van der Waals surface area contributed by atoms with Gasteiger partial charge in [0.2, 0.25) is 0 Å². The average molecular weight is 631 g/mol. The fraction of sp³-hybridized carbons (Fsp3) is 0.324. The van der Waals surface area contributed by atoms with Gasteiger partial charge in [-0.15, -0.1) is 6.42 Å². The highest BCUT2D eigenvalue weighted by molar-refractivity contribution is 6.02. The number of hydrogen-bond donors (Lipinski definition) is 2. The Hall–Kier alpha value is -4.85. The second kappa shape index (κ2) is 10.6. The molecule has 0 radical (unpaired) electrons. The van der Waals surface area contributed by atoms with E-state index < -0.39 is 17.5 Å². The van der Waals surface area contributed by atoms with E-state index in [0.717, 1.165) is 24.0 Å². The summed E-state index contributed by atoms with van der Waals surface area (Å²) in [4.78, 5) is 18.4. The van der Waals surface area contributed by atoms with Gasteiger partial charge in [0.25, 0.3) is 0 Å². The summed E-state index contributed by atoms with van der Waals surface area (Å²) < 4.78 is 38.3. The van der Waals surface area contributed by atoms with Crippen LogP contribution >= 0.6 is 0 Å². The smallest absolute Gasteiger partial charge is 0.319 e. The van der Waals surface area contributed by atoms with E-state index in [1.54, 1.807) is 24.4 Å². The standard InChI is InChI=1S/C37H32F2N6O2/c1-2-21-7-5-8-22-12-27(46)13-28(31(21)22)33-32(39)34-29(15-40-33)35(44-18-25-10-11-26(19-44)41-25)43-36(42-34)47-20-37-14-24(38)17-45(37)16-23-6-3-4-9-30(23)37/h1,3-9,12-13,15,24-26,41,46H,10-11,14,16-20H2/t24-,25?,26?,37?/m1/s1. The van der Waals surface area contributed by atoms with Crippen LogP contribution in [0.5, 0.6) is 11.8 Å². The largest absolute Gasteiger partial charge is 0.508 e. The lowest BCUT2D eigenvalue weighted by Gasteiger charge is -2.34. The number of aromatic hydroxyl groups is 1. The summed E-state index contributed by atoms with van der Waals surface area (Å²) in [7, 11) is 0. The second-order valence-electron chi connectivity index (χ2n) is 13.3. The Bertz CT molecular complexity index is 2120. The minimum atomic E-state index is -0.979. The number of nitrogens with zero attached hydrogens (tertiary/aromatic N) is 5. The maximum Gasteiger partial charge on any atom is 0.319 e. The number of hydrogen-bond acceptors (Lipinski definition) is 8. The zero-order valence-electron chi connectivity index (χ0n) is 25.6. The molecule has 5 aromatic rings. The molecular formula is C37H32F2N6O2. The molecule has 0 aliphatic carbocycles. The van der Waals surface area contributed by atoms with E-state index in [1.165, 1.54) is 6.07 Å². The van der Waals surface area contributed by atoms with Crippen molar-refractivity contribution in [3.63, 3.8) is 0 Å². The number of alkyl halides is 1. The first-order valence-electron chi connectivity index (χ1n) is 16.1. The van der Waals surface area contributed by atoms with Crippen molar-refractivity contribution in [2.75, 3.05) is 31.1 Å². The van der Waals surface area contributed by atoms with Crippen LogP contribution in [0.3, 0.4) is 0 Å². The highest BCUT2D eigenvalue weighted by Crippen LogP contribution is 2.48. The molecule has 47 heavy (non-hydrogen) atoms. The normalized spacial score (nSPS) is 24.9. The van der Waals surface area contributed by atoms with Gasteiger partial charge in [-0.2, -0.15) is 9.97 Å². The number of anilines is 1. The van der Waals surface area contributed by atoms with Gasteiger partial charge >= 0.3 is 6.01 Å². The minimum absolute atomic E-state index is 0.0163. The van der Waals surface area contributed by atoms with Gasteiger partial charge in [0.1, 0.15) is 35.6 Å². The zero-order chi connectivity index (χ0) is 31.9. The number of ether oxygens (including phenoxy) is 1. The summed E-state index contributed by atoms with van der Waals surface area (Å²) in [6, 6.07) is 17.2. The van der Waals surface area contributed by atoms with Crippen LogP contribution in [0.15, 0.2) is 60.8 Å². The number of phenols is 1. The molecule has 3 unspecified atom stereocenters. The van der Waals surface area contributed by atoms with E-state index in [4.69, 9.17) is 16.1 Å². The van der Waals surface area contributed by atoms with Crippen LogP contribution in [0.1, 0.15) is 36.0 Å². The summed E-state index contributed by atoms with van der Waals surface area (Å²) in [6.45, 7) is 2.52. The molecule has 10 heteroatoms. The quantitative estimate of drug-likeness (QED) is 0.248. The van der Waals surface area contributed by atoms with Crippen molar-refractivity contribution in [2.24, 2.45) is 0 Å². The Morgan fingerprint density at radius 2 is 1.89 bits per heavy atom. The van der Waals surface area contributed by atoms with Crippen LogP contribution < -0.4 is 15.0 Å². The number of halogens is 2. The topological polar surface area (TPSA) is 86.6 Å². The molecule has 6 heterocycles. The molecular weight excluding hydrogens is 598 g/mol. The maximum absolute atomic E-state index is 16.9. The van der Waals surface area contributed by atoms with Crippen molar-refractivity contribution in [1.82, 2.24) is 25.2 Å². The van der Waals surface area contributed by atoms with Crippen LogP contribution in [0.4, 0.5) is 14.6 Å². The maximum atomic E-state index is 16.9. The Balaban J connectivity index is 1.19.